The zero-order chi connectivity index (χ0) is 12.2. The number of nitrogens with one attached hydrogen (secondary N) is 1. The minimum atomic E-state index is -0.287. The molecule has 0 atom stereocenters. The minimum Gasteiger partial charge on any atom is -0.396 e. The van der Waals surface area contributed by atoms with Crippen molar-refractivity contribution in [3.05, 3.63) is 34.3 Å². The third-order valence-corrected chi connectivity index (χ3v) is 2.79. The molecule has 1 amide bonds. The smallest absolute Gasteiger partial charge is 0.251 e. The van der Waals surface area contributed by atoms with Crippen LogP contribution in [0.4, 0.5) is 0 Å². The molecule has 0 saturated carbocycles. The lowest BCUT2D eigenvalue weighted by Gasteiger charge is -2.21. The van der Waals surface area contributed by atoms with Crippen LogP contribution in [0.5, 0.6) is 0 Å². The zero-order valence-corrected chi connectivity index (χ0v) is 11.0. The Morgan fingerprint density at radius 1 is 1.38 bits per heavy atom. The van der Waals surface area contributed by atoms with E-state index >= 15 is 0 Å². The molecule has 0 aliphatic carbocycles. The second kappa shape index (κ2) is 5.46. The summed E-state index contributed by atoms with van der Waals surface area (Å²) in [6.45, 7) is 4.30. The maximum Gasteiger partial charge on any atom is 0.251 e. The number of benzene rings is 1. The summed E-state index contributed by atoms with van der Waals surface area (Å²) in [6, 6.07) is 7.16. The van der Waals surface area contributed by atoms with E-state index in [2.05, 4.69) is 21.2 Å². The van der Waals surface area contributed by atoms with Crippen molar-refractivity contribution in [1.29, 1.82) is 0 Å². The molecule has 0 radical (unpaired) electrons. The van der Waals surface area contributed by atoms with Gasteiger partial charge in [0.05, 0.1) is 0 Å². The van der Waals surface area contributed by atoms with Gasteiger partial charge in [-0.05, 0) is 24.3 Å². The van der Waals surface area contributed by atoms with Gasteiger partial charge >= 0.3 is 0 Å². The van der Waals surface area contributed by atoms with Gasteiger partial charge in [0, 0.05) is 28.6 Å². The van der Waals surface area contributed by atoms with Crippen LogP contribution in [0.2, 0.25) is 0 Å². The van der Waals surface area contributed by atoms with Gasteiger partial charge in [-0.15, -0.1) is 0 Å². The fraction of sp³-hybridized carbons (Fsp3) is 0.417. The number of hydrogen-bond donors (Lipinski definition) is 2. The molecule has 1 aromatic carbocycles. The molecule has 0 aromatic heterocycles. The van der Waals surface area contributed by atoms with Crippen LogP contribution in [0.3, 0.4) is 0 Å². The summed E-state index contributed by atoms with van der Waals surface area (Å²) in [4.78, 5) is 11.7. The summed E-state index contributed by atoms with van der Waals surface area (Å²) < 4.78 is 0.944. The lowest BCUT2D eigenvalue weighted by molar-refractivity contribution is 0.0911. The van der Waals surface area contributed by atoms with Crippen molar-refractivity contribution >= 4 is 21.8 Å². The average Bonchev–Trinajstić information content (AvgIpc) is 2.27. The summed E-state index contributed by atoms with van der Waals surface area (Å²) in [7, 11) is 0. The van der Waals surface area contributed by atoms with E-state index in [0.717, 1.165) is 4.47 Å². The Morgan fingerprint density at radius 3 is 2.44 bits per heavy atom. The molecule has 0 aliphatic rings. The second-order valence-electron chi connectivity index (χ2n) is 4.51. The number of aliphatic hydroxyl groups is 1. The number of carbonyl (C=O) groups is 1. The molecule has 3 nitrogen and oxygen atoms in total. The molecule has 88 valence electrons. The molecule has 1 aromatic rings. The van der Waals surface area contributed by atoms with E-state index in [0.29, 0.717) is 12.1 Å². The van der Waals surface area contributed by atoms with Gasteiger partial charge in [-0.1, -0.05) is 29.8 Å². The summed E-state index contributed by atoms with van der Waals surface area (Å²) in [6.07, 6.45) is 0. The van der Waals surface area contributed by atoms with Crippen molar-refractivity contribution in [2.45, 2.75) is 13.8 Å². The van der Waals surface area contributed by atoms with Gasteiger partial charge in [0.1, 0.15) is 0 Å². The first-order chi connectivity index (χ1) is 7.44. The van der Waals surface area contributed by atoms with E-state index in [9.17, 15) is 4.79 Å². The van der Waals surface area contributed by atoms with E-state index in [4.69, 9.17) is 5.11 Å². The predicted molar refractivity (Wildman–Crippen MR) is 67.3 cm³/mol. The van der Waals surface area contributed by atoms with Gasteiger partial charge in [-0.2, -0.15) is 0 Å². The second-order valence-corrected chi connectivity index (χ2v) is 5.43. The Bertz CT molecular complexity index is 360. The van der Waals surface area contributed by atoms with Crippen LogP contribution < -0.4 is 5.32 Å². The molecule has 0 fully saturated rings. The molecule has 0 spiro atoms. The van der Waals surface area contributed by atoms with Crippen LogP contribution in [0.15, 0.2) is 28.7 Å². The number of halogens is 1. The highest BCUT2D eigenvalue weighted by atomic mass is 79.9. The molecule has 2 N–H and O–H groups in total. The van der Waals surface area contributed by atoms with Crippen molar-refractivity contribution < 1.29 is 9.90 Å². The highest BCUT2D eigenvalue weighted by molar-refractivity contribution is 9.10. The first-order valence-corrected chi connectivity index (χ1v) is 5.88. The first-order valence-electron chi connectivity index (χ1n) is 5.09. The molecule has 4 heteroatoms. The number of amides is 1. The van der Waals surface area contributed by atoms with Gasteiger partial charge in [-0.3, -0.25) is 4.79 Å². The predicted octanol–water partition coefficient (Wildman–Crippen LogP) is 2.20. The third-order valence-electron chi connectivity index (χ3n) is 2.26. The molecule has 1 rings (SSSR count). The van der Waals surface area contributed by atoms with Gasteiger partial charge in [-0.25, -0.2) is 0 Å². The van der Waals surface area contributed by atoms with Gasteiger partial charge < -0.3 is 10.4 Å². The number of hydrogen-bond acceptors (Lipinski definition) is 2. The number of rotatable bonds is 4. The van der Waals surface area contributed by atoms with E-state index in [1.54, 1.807) is 12.1 Å². The normalized spacial score (nSPS) is 11.2. The van der Waals surface area contributed by atoms with Crippen LogP contribution in [-0.2, 0) is 0 Å². The summed E-state index contributed by atoms with van der Waals surface area (Å²) in [5.74, 6) is -0.117. The average molecular weight is 286 g/mol. The number of aliphatic hydroxyl groups excluding tert-OH is 1. The van der Waals surface area contributed by atoms with Crippen molar-refractivity contribution in [3.63, 3.8) is 0 Å². The first kappa shape index (κ1) is 13.2. The Kier molecular flexibility index (Phi) is 4.50. The summed E-state index contributed by atoms with van der Waals surface area (Å²) >= 11 is 3.31. The molecule has 0 unspecified atom stereocenters. The van der Waals surface area contributed by atoms with Crippen LogP contribution >= 0.6 is 15.9 Å². The Hall–Kier alpha value is -0.870. The molecular formula is C12H16BrNO2. The monoisotopic (exact) mass is 285 g/mol. The maximum atomic E-state index is 11.7. The highest BCUT2D eigenvalue weighted by Gasteiger charge is 2.17. The molecular weight excluding hydrogens is 270 g/mol. The van der Waals surface area contributed by atoms with E-state index in [1.165, 1.54) is 0 Å². The van der Waals surface area contributed by atoms with E-state index in [1.807, 2.05) is 26.0 Å². The van der Waals surface area contributed by atoms with Crippen molar-refractivity contribution in [1.82, 2.24) is 5.32 Å². The molecule has 0 saturated heterocycles. The fourth-order valence-corrected chi connectivity index (χ4v) is 1.34. The molecule has 0 bridgehead atoms. The highest BCUT2D eigenvalue weighted by Crippen LogP contribution is 2.13. The van der Waals surface area contributed by atoms with Crippen molar-refractivity contribution in [3.8, 4) is 0 Å². The van der Waals surface area contributed by atoms with Crippen LogP contribution in [0.25, 0.3) is 0 Å². The van der Waals surface area contributed by atoms with E-state index < -0.39 is 0 Å². The topological polar surface area (TPSA) is 49.3 Å². The fourth-order valence-electron chi connectivity index (χ4n) is 1.08. The quantitative estimate of drug-likeness (QED) is 0.891. The molecule has 0 aliphatic heterocycles. The Labute approximate surface area is 104 Å². The minimum absolute atomic E-state index is 0.0492. The van der Waals surface area contributed by atoms with Crippen LogP contribution in [0.1, 0.15) is 24.2 Å². The Balaban J connectivity index is 2.56. The SMILES string of the molecule is CC(C)(CO)CNC(=O)c1ccc(Br)cc1. The third kappa shape index (κ3) is 3.94. The number of carbonyl (C=O) groups excluding carboxylic acids is 1. The van der Waals surface area contributed by atoms with Gasteiger partial charge in [0.15, 0.2) is 0 Å². The largest absolute Gasteiger partial charge is 0.396 e. The Morgan fingerprint density at radius 2 is 1.94 bits per heavy atom. The standard InChI is InChI=1S/C12H16BrNO2/c1-12(2,8-15)7-14-11(16)9-3-5-10(13)6-4-9/h3-6,15H,7-8H2,1-2H3,(H,14,16). The zero-order valence-electron chi connectivity index (χ0n) is 9.46. The molecule has 0 heterocycles. The summed E-state index contributed by atoms with van der Waals surface area (Å²) in [5, 5.41) is 11.9. The van der Waals surface area contributed by atoms with Crippen LogP contribution in [-0.4, -0.2) is 24.2 Å². The van der Waals surface area contributed by atoms with E-state index in [-0.39, 0.29) is 17.9 Å². The van der Waals surface area contributed by atoms with Gasteiger partial charge in [0.2, 0.25) is 0 Å². The van der Waals surface area contributed by atoms with Gasteiger partial charge in [0.25, 0.3) is 5.91 Å². The van der Waals surface area contributed by atoms with Crippen LogP contribution in [0, 0.1) is 5.41 Å². The summed E-state index contributed by atoms with van der Waals surface area (Å²) in [5.41, 5.74) is 0.335. The lowest BCUT2D eigenvalue weighted by atomic mass is 9.95. The van der Waals surface area contributed by atoms with Crippen molar-refractivity contribution in [2.75, 3.05) is 13.2 Å². The van der Waals surface area contributed by atoms with Crippen molar-refractivity contribution in [2.24, 2.45) is 5.41 Å². The maximum absolute atomic E-state index is 11.7. The lowest BCUT2D eigenvalue weighted by Crippen LogP contribution is -2.36. The molecule has 16 heavy (non-hydrogen) atoms.